The summed E-state index contributed by atoms with van der Waals surface area (Å²) in [4.78, 5) is 4.59. The highest BCUT2D eigenvalue weighted by molar-refractivity contribution is 14.0. The van der Waals surface area contributed by atoms with Crippen molar-refractivity contribution in [2.75, 3.05) is 33.4 Å². The first-order valence-corrected chi connectivity index (χ1v) is 9.39. The van der Waals surface area contributed by atoms with Crippen LogP contribution in [-0.2, 0) is 23.9 Å². The van der Waals surface area contributed by atoms with E-state index in [9.17, 15) is 5.11 Å². The summed E-state index contributed by atoms with van der Waals surface area (Å²) in [5.74, 6) is 1.45. The quantitative estimate of drug-likeness (QED) is 0.193. The van der Waals surface area contributed by atoms with Gasteiger partial charge >= 0.3 is 0 Å². The van der Waals surface area contributed by atoms with E-state index >= 15 is 0 Å². The number of guanidine groups is 1. The molecule has 0 aliphatic carbocycles. The number of ether oxygens (including phenoxy) is 2. The summed E-state index contributed by atoms with van der Waals surface area (Å²) in [6, 6.07) is 7.82. The number of halogens is 1. The predicted molar refractivity (Wildman–Crippen MR) is 125 cm³/mol. The minimum atomic E-state index is -1.05. The number of nitrogens with one attached hydrogen (secondary N) is 2. The smallest absolute Gasteiger partial charge is 0.191 e. The molecule has 1 heterocycles. The van der Waals surface area contributed by atoms with Gasteiger partial charge in [0.2, 0.25) is 0 Å². The summed E-state index contributed by atoms with van der Waals surface area (Å²) in [6.07, 6.45) is 3.48. The molecule has 1 atom stereocenters. The molecule has 1 unspecified atom stereocenters. The zero-order valence-electron chi connectivity index (χ0n) is 17.5. The van der Waals surface area contributed by atoms with E-state index in [1.54, 1.807) is 24.9 Å². The highest BCUT2D eigenvalue weighted by Crippen LogP contribution is 2.18. The van der Waals surface area contributed by atoms with Crippen molar-refractivity contribution in [3.05, 3.63) is 47.8 Å². The summed E-state index contributed by atoms with van der Waals surface area (Å²) < 4.78 is 12.2. The molecule has 0 fully saturated rings. The Hall–Kier alpha value is -1.85. The van der Waals surface area contributed by atoms with Crippen molar-refractivity contribution >= 4 is 29.9 Å². The molecule has 0 aliphatic rings. The van der Waals surface area contributed by atoms with Gasteiger partial charge in [0.25, 0.3) is 0 Å². The monoisotopic (exact) mass is 517 g/mol. The first-order chi connectivity index (χ1) is 13.4. The van der Waals surface area contributed by atoms with E-state index in [1.807, 2.05) is 44.4 Å². The van der Waals surface area contributed by atoms with E-state index in [2.05, 4.69) is 20.7 Å². The Kier molecular flexibility index (Phi) is 11.0. The topological polar surface area (TPSA) is 92.9 Å². The van der Waals surface area contributed by atoms with Crippen molar-refractivity contribution in [2.24, 2.45) is 12.0 Å². The predicted octanol–water partition coefficient (Wildman–Crippen LogP) is 2.03. The molecular formula is C20H32IN5O3. The van der Waals surface area contributed by atoms with Crippen molar-refractivity contribution in [3.8, 4) is 5.75 Å². The maximum atomic E-state index is 10.7. The number of aryl methyl sites for hydroxylation is 1. The Morgan fingerprint density at radius 2 is 1.97 bits per heavy atom. The number of benzene rings is 1. The summed E-state index contributed by atoms with van der Waals surface area (Å²) in [5, 5.41) is 21.2. The van der Waals surface area contributed by atoms with E-state index in [0.717, 1.165) is 23.4 Å². The van der Waals surface area contributed by atoms with Crippen LogP contribution in [0, 0.1) is 0 Å². The van der Waals surface area contributed by atoms with Crippen LogP contribution in [0.1, 0.15) is 25.0 Å². The van der Waals surface area contributed by atoms with Crippen molar-refractivity contribution < 1.29 is 14.6 Å². The number of aliphatic imine (C=N–C) groups is 1. The van der Waals surface area contributed by atoms with Crippen LogP contribution in [0.3, 0.4) is 0 Å². The Morgan fingerprint density at radius 1 is 1.24 bits per heavy atom. The van der Waals surface area contributed by atoms with Gasteiger partial charge in [-0.3, -0.25) is 4.68 Å². The van der Waals surface area contributed by atoms with Gasteiger partial charge in [-0.1, -0.05) is 12.1 Å². The molecule has 0 saturated heterocycles. The van der Waals surface area contributed by atoms with Crippen molar-refractivity contribution in [3.63, 3.8) is 0 Å². The second-order valence-corrected chi connectivity index (χ2v) is 6.71. The highest BCUT2D eigenvalue weighted by Gasteiger charge is 2.24. The lowest BCUT2D eigenvalue weighted by molar-refractivity contribution is 0.0616. The molecule has 3 N–H and O–H groups in total. The lowest BCUT2D eigenvalue weighted by atomic mass is 10.00. The van der Waals surface area contributed by atoms with Crippen LogP contribution in [0.15, 0.2) is 41.7 Å². The van der Waals surface area contributed by atoms with Crippen molar-refractivity contribution in [1.29, 1.82) is 0 Å². The molecule has 0 bridgehead atoms. The fraction of sp³-hybridized carbons (Fsp3) is 0.500. The average molecular weight is 517 g/mol. The Bertz CT molecular complexity index is 747. The Morgan fingerprint density at radius 3 is 2.55 bits per heavy atom. The molecule has 0 spiro atoms. The van der Waals surface area contributed by atoms with E-state index in [-0.39, 0.29) is 24.0 Å². The van der Waals surface area contributed by atoms with Gasteiger partial charge in [-0.2, -0.15) is 5.10 Å². The van der Waals surface area contributed by atoms with Gasteiger partial charge in [-0.05, 0) is 31.5 Å². The third-order valence-electron chi connectivity index (χ3n) is 4.17. The van der Waals surface area contributed by atoms with E-state index in [0.29, 0.717) is 32.3 Å². The van der Waals surface area contributed by atoms with E-state index < -0.39 is 5.60 Å². The molecule has 1 aromatic carbocycles. The SMILES string of the molecule is CCNC(=NCc1ccc(OCCOC)cc1)NCC(C)(O)c1cnn(C)c1.I. The number of hydrogen-bond donors (Lipinski definition) is 3. The van der Waals surface area contributed by atoms with Gasteiger partial charge < -0.3 is 25.2 Å². The molecule has 9 heteroatoms. The van der Waals surface area contributed by atoms with Gasteiger partial charge in [0.05, 0.1) is 25.9 Å². The third kappa shape index (κ3) is 8.58. The average Bonchev–Trinajstić information content (AvgIpc) is 3.13. The molecule has 29 heavy (non-hydrogen) atoms. The van der Waals surface area contributed by atoms with Crippen molar-refractivity contribution in [2.45, 2.75) is 26.0 Å². The summed E-state index contributed by atoms with van der Waals surface area (Å²) in [7, 11) is 3.48. The fourth-order valence-corrected chi connectivity index (χ4v) is 2.50. The molecule has 1 aromatic heterocycles. The van der Waals surface area contributed by atoms with Crippen LogP contribution >= 0.6 is 24.0 Å². The molecule has 2 aromatic rings. The molecule has 8 nitrogen and oxygen atoms in total. The normalized spacial score (nSPS) is 13.3. The Labute approximate surface area is 189 Å². The lowest BCUT2D eigenvalue weighted by Crippen LogP contribution is -2.44. The molecular weight excluding hydrogens is 485 g/mol. The second kappa shape index (κ2) is 12.7. The highest BCUT2D eigenvalue weighted by atomic mass is 127. The third-order valence-corrected chi connectivity index (χ3v) is 4.17. The summed E-state index contributed by atoms with van der Waals surface area (Å²) >= 11 is 0. The lowest BCUT2D eigenvalue weighted by Gasteiger charge is -2.23. The molecule has 0 aliphatic heterocycles. The number of rotatable bonds is 10. The molecule has 0 saturated carbocycles. The zero-order chi connectivity index (χ0) is 20.4. The molecule has 0 radical (unpaired) electrons. The van der Waals surface area contributed by atoms with Crippen molar-refractivity contribution in [1.82, 2.24) is 20.4 Å². The minimum absolute atomic E-state index is 0. The maximum absolute atomic E-state index is 10.7. The summed E-state index contributed by atoms with van der Waals surface area (Å²) in [6.45, 7) is 6.41. The molecule has 0 amide bonds. The number of hydrogen-bond acceptors (Lipinski definition) is 5. The number of aliphatic hydroxyl groups is 1. The van der Waals surface area contributed by atoms with E-state index in [4.69, 9.17) is 9.47 Å². The first-order valence-electron chi connectivity index (χ1n) is 9.39. The molecule has 2 rings (SSSR count). The van der Waals surface area contributed by atoms with Crippen LogP contribution in [0.4, 0.5) is 0 Å². The Balaban J connectivity index is 0.00000420. The zero-order valence-corrected chi connectivity index (χ0v) is 19.8. The van der Waals surface area contributed by atoms with Gasteiger partial charge in [0.1, 0.15) is 18.0 Å². The minimum Gasteiger partial charge on any atom is -0.491 e. The molecule has 162 valence electrons. The largest absolute Gasteiger partial charge is 0.491 e. The van der Waals surface area contributed by atoms with Crippen LogP contribution in [0.2, 0.25) is 0 Å². The van der Waals surface area contributed by atoms with Crippen LogP contribution in [0.25, 0.3) is 0 Å². The first kappa shape index (κ1) is 25.2. The number of methoxy groups -OCH3 is 1. The number of nitrogens with zero attached hydrogens (tertiary/aromatic N) is 3. The van der Waals surface area contributed by atoms with E-state index in [1.165, 1.54) is 0 Å². The van der Waals surface area contributed by atoms with Gasteiger partial charge in [-0.25, -0.2) is 4.99 Å². The second-order valence-electron chi connectivity index (χ2n) is 6.71. The standard InChI is InChI=1S/C20H31N5O3.HI/c1-5-21-19(23-15-20(2,26)17-13-24-25(3)14-17)22-12-16-6-8-18(9-7-16)28-11-10-27-4;/h6-9,13-14,26H,5,10-12,15H2,1-4H3,(H2,21,22,23);1H. The summed E-state index contributed by atoms with van der Waals surface area (Å²) in [5.41, 5.74) is 0.767. The van der Waals surface area contributed by atoms with Crippen LogP contribution in [-0.4, -0.2) is 54.3 Å². The maximum Gasteiger partial charge on any atom is 0.191 e. The van der Waals surface area contributed by atoms with Crippen LogP contribution < -0.4 is 15.4 Å². The fourth-order valence-electron chi connectivity index (χ4n) is 2.50. The van der Waals surface area contributed by atoms with Gasteiger partial charge in [0, 0.05) is 32.5 Å². The number of aromatic nitrogens is 2. The van der Waals surface area contributed by atoms with Gasteiger partial charge in [-0.15, -0.1) is 24.0 Å². The van der Waals surface area contributed by atoms with Gasteiger partial charge in [0.15, 0.2) is 5.96 Å². The van der Waals surface area contributed by atoms with Crippen LogP contribution in [0.5, 0.6) is 5.75 Å².